The molecule has 0 heterocycles. The molecule has 1 aromatic carbocycles. The third kappa shape index (κ3) is 3.95. The van der Waals surface area contributed by atoms with Gasteiger partial charge in [-0.05, 0) is 40.5 Å². The molecule has 100 valence electrons. The molecule has 0 amide bonds. The quantitative estimate of drug-likeness (QED) is 0.849. The number of rotatable bonds is 4. The first kappa shape index (κ1) is 14.9. The molecule has 1 aromatic rings. The van der Waals surface area contributed by atoms with Crippen LogP contribution in [0.3, 0.4) is 0 Å². The fourth-order valence-electron chi connectivity index (χ4n) is 1.17. The molecule has 0 unspecified atom stereocenters. The molecule has 8 heteroatoms. The maximum absolute atomic E-state index is 13.3. The number of halogens is 2. The van der Waals surface area contributed by atoms with Crippen LogP contribution in [-0.4, -0.2) is 27.2 Å². The van der Waals surface area contributed by atoms with E-state index in [0.29, 0.717) is 5.56 Å². The van der Waals surface area contributed by atoms with Gasteiger partial charge in [0, 0.05) is 0 Å². The molecule has 0 atom stereocenters. The molecule has 18 heavy (non-hydrogen) atoms. The number of benzene rings is 1. The summed E-state index contributed by atoms with van der Waals surface area (Å²) in [4.78, 5) is 10.9. The number of methoxy groups -OCH3 is 1. The lowest BCUT2D eigenvalue weighted by molar-refractivity contribution is -0.137. The van der Waals surface area contributed by atoms with E-state index in [1.54, 1.807) is 6.92 Å². The van der Waals surface area contributed by atoms with Gasteiger partial charge in [-0.1, -0.05) is 0 Å². The topological polar surface area (TPSA) is 72.5 Å². The van der Waals surface area contributed by atoms with Gasteiger partial charge in [0.2, 0.25) is 10.0 Å². The van der Waals surface area contributed by atoms with Crippen LogP contribution in [-0.2, 0) is 19.6 Å². The highest BCUT2D eigenvalue weighted by Gasteiger charge is 2.18. The summed E-state index contributed by atoms with van der Waals surface area (Å²) in [7, 11) is -2.82. The first-order chi connectivity index (χ1) is 8.25. The zero-order valence-corrected chi connectivity index (χ0v) is 12.1. The lowest BCUT2D eigenvalue weighted by Gasteiger charge is -2.10. The van der Waals surface area contributed by atoms with Crippen molar-refractivity contribution in [3.8, 4) is 0 Å². The Bertz CT molecular complexity index is 573. The molecule has 0 fully saturated rings. The molecular formula is C10H11BrFNO4S. The number of aryl methyl sites for hydroxylation is 1. The number of nitrogens with one attached hydrogen (secondary N) is 1. The van der Waals surface area contributed by atoms with Crippen molar-refractivity contribution in [1.29, 1.82) is 0 Å². The Morgan fingerprint density at radius 2 is 2.11 bits per heavy atom. The molecule has 0 aliphatic heterocycles. The van der Waals surface area contributed by atoms with Gasteiger partial charge in [-0.15, -0.1) is 0 Å². The van der Waals surface area contributed by atoms with E-state index in [0.717, 1.165) is 13.2 Å². The normalized spacial score (nSPS) is 11.1. The van der Waals surface area contributed by atoms with Gasteiger partial charge in [-0.3, -0.25) is 9.52 Å². The molecule has 0 aromatic heterocycles. The van der Waals surface area contributed by atoms with Crippen molar-refractivity contribution in [2.45, 2.75) is 6.92 Å². The SMILES string of the molecule is COC(=O)CS(=O)(=O)Nc1cc(F)c(Br)cc1C. The van der Waals surface area contributed by atoms with Gasteiger partial charge in [0.15, 0.2) is 5.75 Å². The van der Waals surface area contributed by atoms with Crippen LogP contribution in [0.4, 0.5) is 10.1 Å². The van der Waals surface area contributed by atoms with Crippen LogP contribution < -0.4 is 4.72 Å². The second kappa shape index (κ2) is 5.66. The smallest absolute Gasteiger partial charge is 0.322 e. The standard InChI is InChI=1S/C10H11BrFNO4S/c1-6-3-7(11)8(12)4-9(6)13-18(15,16)5-10(14)17-2/h3-4,13H,5H2,1-2H3. The summed E-state index contributed by atoms with van der Waals surface area (Å²) in [5.74, 6) is -2.31. The fourth-order valence-corrected chi connectivity index (χ4v) is 2.69. The maximum Gasteiger partial charge on any atom is 0.322 e. The van der Waals surface area contributed by atoms with Gasteiger partial charge >= 0.3 is 5.97 Å². The van der Waals surface area contributed by atoms with E-state index >= 15 is 0 Å². The summed E-state index contributed by atoms with van der Waals surface area (Å²) in [6, 6.07) is 2.47. The first-order valence-corrected chi connectivity index (χ1v) is 7.22. The zero-order valence-electron chi connectivity index (χ0n) is 9.66. The highest BCUT2D eigenvalue weighted by atomic mass is 79.9. The van der Waals surface area contributed by atoms with Crippen molar-refractivity contribution in [3.05, 3.63) is 28.0 Å². The van der Waals surface area contributed by atoms with E-state index in [2.05, 4.69) is 25.4 Å². The van der Waals surface area contributed by atoms with Gasteiger partial charge in [0.1, 0.15) is 5.82 Å². The maximum atomic E-state index is 13.3. The Morgan fingerprint density at radius 3 is 2.67 bits per heavy atom. The van der Waals surface area contributed by atoms with Crippen molar-refractivity contribution < 1.29 is 22.3 Å². The second-order valence-corrected chi connectivity index (χ2v) is 6.10. The monoisotopic (exact) mass is 339 g/mol. The van der Waals surface area contributed by atoms with Crippen LogP contribution in [0.2, 0.25) is 0 Å². The third-order valence-electron chi connectivity index (χ3n) is 2.07. The second-order valence-electron chi connectivity index (χ2n) is 3.52. The number of hydrogen-bond acceptors (Lipinski definition) is 4. The third-order valence-corrected chi connectivity index (χ3v) is 3.82. The van der Waals surface area contributed by atoms with Crippen molar-refractivity contribution >= 4 is 37.6 Å². The van der Waals surface area contributed by atoms with E-state index < -0.39 is 27.6 Å². The Morgan fingerprint density at radius 1 is 1.50 bits per heavy atom. The Hall–Kier alpha value is -1.15. The minimum Gasteiger partial charge on any atom is -0.468 e. The lowest BCUT2D eigenvalue weighted by atomic mass is 10.2. The van der Waals surface area contributed by atoms with Crippen LogP contribution >= 0.6 is 15.9 Å². The highest BCUT2D eigenvalue weighted by molar-refractivity contribution is 9.10. The van der Waals surface area contributed by atoms with Gasteiger partial charge < -0.3 is 4.74 Å². The van der Waals surface area contributed by atoms with Crippen LogP contribution in [0.1, 0.15) is 5.56 Å². The van der Waals surface area contributed by atoms with E-state index in [4.69, 9.17) is 0 Å². The molecule has 0 radical (unpaired) electrons. The van der Waals surface area contributed by atoms with Gasteiger partial charge in [0.25, 0.3) is 0 Å². The van der Waals surface area contributed by atoms with Crippen molar-refractivity contribution in [2.24, 2.45) is 0 Å². The summed E-state index contributed by atoms with van der Waals surface area (Å²) < 4.78 is 43.1. The summed E-state index contributed by atoms with van der Waals surface area (Å²) in [5.41, 5.74) is 0.608. The Kier molecular flexibility index (Phi) is 4.69. The molecule has 5 nitrogen and oxygen atoms in total. The number of carbonyl (C=O) groups excluding carboxylic acids is 1. The van der Waals surface area contributed by atoms with Crippen molar-refractivity contribution in [1.82, 2.24) is 0 Å². The molecule has 0 spiro atoms. The van der Waals surface area contributed by atoms with Gasteiger partial charge in [-0.2, -0.15) is 0 Å². The molecule has 0 aliphatic carbocycles. The van der Waals surface area contributed by atoms with Crippen molar-refractivity contribution in [2.75, 3.05) is 17.6 Å². The molecule has 1 N–H and O–H groups in total. The zero-order chi connectivity index (χ0) is 13.9. The average molecular weight is 340 g/mol. The predicted molar refractivity (Wildman–Crippen MR) is 68.3 cm³/mol. The molecular weight excluding hydrogens is 329 g/mol. The van der Waals surface area contributed by atoms with Crippen LogP contribution in [0.25, 0.3) is 0 Å². The minimum atomic E-state index is -3.90. The molecule has 0 aliphatic rings. The molecule has 0 saturated heterocycles. The number of anilines is 1. The fraction of sp³-hybridized carbons (Fsp3) is 0.300. The van der Waals surface area contributed by atoms with E-state index in [1.165, 1.54) is 6.07 Å². The van der Waals surface area contributed by atoms with Crippen LogP contribution in [0.15, 0.2) is 16.6 Å². The Labute approximate surface area is 113 Å². The van der Waals surface area contributed by atoms with E-state index in [9.17, 15) is 17.6 Å². The van der Waals surface area contributed by atoms with Gasteiger partial charge in [0.05, 0.1) is 17.3 Å². The van der Waals surface area contributed by atoms with E-state index in [1.807, 2.05) is 0 Å². The van der Waals surface area contributed by atoms with Crippen LogP contribution in [0.5, 0.6) is 0 Å². The largest absolute Gasteiger partial charge is 0.468 e. The Balaban J connectivity index is 2.98. The van der Waals surface area contributed by atoms with Crippen molar-refractivity contribution in [3.63, 3.8) is 0 Å². The summed E-state index contributed by atoms with van der Waals surface area (Å²) in [6.45, 7) is 1.61. The predicted octanol–water partition coefficient (Wildman–Crippen LogP) is 1.81. The average Bonchev–Trinajstić information content (AvgIpc) is 2.24. The molecule has 0 saturated carbocycles. The van der Waals surface area contributed by atoms with Gasteiger partial charge in [-0.25, -0.2) is 12.8 Å². The molecule has 0 bridgehead atoms. The number of hydrogen-bond donors (Lipinski definition) is 1. The molecule has 1 rings (SSSR count). The summed E-state index contributed by atoms with van der Waals surface area (Å²) in [6.07, 6.45) is 0. The number of ether oxygens (including phenoxy) is 1. The number of sulfonamides is 1. The summed E-state index contributed by atoms with van der Waals surface area (Å²) >= 11 is 2.98. The number of carbonyl (C=O) groups is 1. The lowest BCUT2D eigenvalue weighted by Crippen LogP contribution is -2.24. The highest BCUT2D eigenvalue weighted by Crippen LogP contribution is 2.24. The minimum absolute atomic E-state index is 0.0830. The number of esters is 1. The van der Waals surface area contributed by atoms with Crippen LogP contribution in [0, 0.1) is 12.7 Å². The first-order valence-electron chi connectivity index (χ1n) is 4.78. The van der Waals surface area contributed by atoms with E-state index in [-0.39, 0.29) is 10.2 Å². The summed E-state index contributed by atoms with van der Waals surface area (Å²) in [5, 5.41) is 0.